The molecular weight excluding hydrogens is 405 g/mol. The number of fused-ring (bicyclic) bond motifs is 1. The fraction of sp³-hybridized carbons (Fsp3) is 0.261. The van der Waals surface area contributed by atoms with Gasteiger partial charge in [0.15, 0.2) is 0 Å². The Morgan fingerprint density at radius 1 is 1.16 bits per heavy atom. The van der Waals surface area contributed by atoms with Crippen LogP contribution in [0, 0.1) is 13.8 Å². The predicted molar refractivity (Wildman–Crippen MR) is 112 cm³/mol. The Bertz CT molecular complexity index is 1150. The molecule has 0 saturated carbocycles. The molecule has 1 amide bonds. The van der Waals surface area contributed by atoms with Crippen molar-refractivity contribution in [1.29, 1.82) is 0 Å². The third kappa shape index (κ3) is 3.97. The molecule has 8 heteroatoms. The Labute approximate surface area is 178 Å². The molecule has 4 rings (SSSR count). The molecule has 0 radical (unpaired) electrons. The van der Waals surface area contributed by atoms with Crippen LogP contribution < -0.4 is 9.80 Å². The zero-order valence-corrected chi connectivity index (χ0v) is 17.3. The lowest BCUT2D eigenvalue weighted by Crippen LogP contribution is -2.44. The summed E-state index contributed by atoms with van der Waals surface area (Å²) in [6, 6.07) is 10.5. The maximum absolute atomic E-state index is 13.5. The van der Waals surface area contributed by atoms with E-state index in [0.717, 1.165) is 23.3 Å². The van der Waals surface area contributed by atoms with Gasteiger partial charge in [-0.05, 0) is 55.3 Å². The summed E-state index contributed by atoms with van der Waals surface area (Å²) >= 11 is 0. The van der Waals surface area contributed by atoms with Crippen molar-refractivity contribution >= 4 is 23.1 Å². The fourth-order valence-corrected chi connectivity index (χ4v) is 3.89. The first-order valence-corrected chi connectivity index (χ1v) is 9.77. The molecule has 1 aliphatic rings. The van der Waals surface area contributed by atoms with Crippen LogP contribution in [0.15, 0.2) is 54.9 Å². The molecule has 0 spiro atoms. The zero-order valence-electron chi connectivity index (χ0n) is 17.3. The van der Waals surface area contributed by atoms with Crippen molar-refractivity contribution < 1.29 is 18.0 Å². The average Bonchev–Trinajstić information content (AvgIpc) is 3.11. The summed E-state index contributed by atoms with van der Waals surface area (Å²) in [5.74, 6) is -0.146. The van der Waals surface area contributed by atoms with Gasteiger partial charge in [-0.25, -0.2) is 4.98 Å². The van der Waals surface area contributed by atoms with Crippen LogP contribution >= 0.6 is 0 Å². The van der Waals surface area contributed by atoms with E-state index in [0.29, 0.717) is 17.8 Å². The summed E-state index contributed by atoms with van der Waals surface area (Å²) in [6.07, 6.45) is -0.984. The minimum absolute atomic E-state index is 0.0910. The predicted octanol–water partition coefficient (Wildman–Crippen LogP) is 4.84. The molecule has 0 saturated heterocycles. The molecule has 0 fully saturated rings. The number of likely N-dealkylation sites (N-methyl/N-ethyl adjacent to an activating group) is 1. The number of pyridine rings is 2. The van der Waals surface area contributed by atoms with Crippen molar-refractivity contribution in [3.8, 4) is 0 Å². The standard InChI is InChI=1S/C23H21F3N4O/c1-14-5-4-6-18(9-14)29(3)22(31)20-11-16-13-27-8-7-19(16)30(20)21-12-17(23(24,25)26)10-15(2)28-21/h4-10,12-13,20H,11H2,1-3H3/t20-/m0/s1. The van der Waals surface area contributed by atoms with E-state index in [1.165, 1.54) is 11.8 Å². The van der Waals surface area contributed by atoms with Crippen molar-refractivity contribution in [2.24, 2.45) is 0 Å². The van der Waals surface area contributed by atoms with Crippen LogP contribution in [0.25, 0.3) is 0 Å². The Kier molecular flexibility index (Phi) is 5.16. The number of anilines is 3. The monoisotopic (exact) mass is 426 g/mol. The number of carbonyl (C=O) groups is 1. The Morgan fingerprint density at radius 3 is 2.65 bits per heavy atom. The van der Waals surface area contributed by atoms with E-state index < -0.39 is 17.8 Å². The lowest BCUT2D eigenvalue weighted by molar-refractivity contribution is -0.137. The number of aryl methyl sites for hydroxylation is 2. The normalized spacial score (nSPS) is 15.7. The number of benzene rings is 1. The highest BCUT2D eigenvalue weighted by Crippen LogP contribution is 2.40. The second-order valence-electron chi connectivity index (χ2n) is 7.68. The van der Waals surface area contributed by atoms with E-state index in [1.807, 2.05) is 31.2 Å². The molecule has 0 unspecified atom stereocenters. The molecule has 0 N–H and O–H groups in total. The first-order valence-electron chi connectivity index (χ1n) is 9.77. The van der Waals surface area contributed by atoms with Crippen molar-refractivity contribution in [1.82, 2.24) is 9.97 Å². The number of aromatic nitrogens is 2. The van der Waals surface area contributed by atoms with Gasteiger partial charge in [-0.2, -0.15) is 13.2 Å². The van der Waals surface area contributed by atoms with Crippen LogP contribution in [0.5, 0.6) is 0 Å². The van der Waals surface area contributed by atoms with E-state index in [-0.39, 0.29) is 17.4 Å². The summed E-state index contributed by atoms with van der Waals surface area (Å²) in [4.78, 5) is 25.1. The molecule has 1 aliphatic heterocycles. The maximum Gasteiger partial charge on any atom is 0.416 e. The highest BCUT2D eigenvalue weighted by atomic mass is 19.4. The molecule has 0 aliphatic carbocycles. The van der Waals surface area contributed by atoms with E-state index in [2.05, 4.69) is 9.97 Å². The van der Waals surface area contributed by atoms with E-state index >= 15 is 0 Å². The third-order valence-corrected chi connectivity index (χ3v) is 5.38. The van der Waals surface area contributed by atoms with Gasteiger partial charge < -0.3 is 9.80 Å². The molecule has 3 heterocycles. The van der Waals surface area contributed by atoms with Crippen LogP contribution in [0.4, 0.5) is 30.4 Å². The van der Waals surface area contributed by atoms with E-state index in [1.54, 1.807) is 30.4 Å². The number of halogens is 3. The minimum Gasteiger partial charge on any atom is -0.314 e. The second kappa shape index (κ2) is 7.68. The molecule has 160 valence electrons. The molecule has 3 aromatic rings. The average molecular weight is 426 g/mol. The first-order chi connectivity index (χ1) is 14.6. The van der Waals surface area contributed by atoms with Gasteiger partial charge in [-0.1, -0.05) is 12.1 Å². The first kappa shape index (κ1) is 20.8. The van der Waals surface area contributed by atoms with E-state index in [4.69, 9.17) is 0 Å². The van der Waals surface area contributed by atoms with Crippen LogP contribution in [-0.4, -0.2) is 29.0 Å². The molecule has 31 heavy (non-hydrogen) atoms. The summed E-state index contributed by atoms with van der Waals surface area (Å²) in [5.41, 5.74) is 2.57. The van der Waals surface area contributed by atoms with E-state index in [9.17, 15) is 18.0 Å². The number of rotatable bonds is 3. The van der Waals surface area contributed by atoms with Crippen molar-refractivity contribution in [2.75, 3.05) is 16.8 Å². The van der Waals surface area contributed by atoms with Gasteiger partial charge in [-0.15, -0.1) is 0 Å². The van der Waals surface area contributed by atoms with Crippen LogP contribution in [0.1, 0.15) is 22.4 Å². The van der Waals surface area contributed by atoms with Crippen molar-refractivity contribution in [3.05, 3.63) is 77.2 Å². The number of amides is 1. The number of hydrogen-bond acceptors (Lipinski definition) is 4. The quantitative estimate of drug-likeness (QED) is 0.602. The van der Waals surface area contributed by atoms with Gasteiger partial charge >= 0.3 is 6.18 Å². The number of alkyl halides is 3. The van der Waals surface area contributed by atoms with Crippen LogP contribution in [-0.2, 0) is 17.4 Å². The number of hydrogen-bond donors (Lipinski definition) is 0. The van der Waals surface area contributed by atoms with Crippen LogP contribution in [0.3, 0.4) is 0 Å². The fourth-order valence-electron chi connectivity index (χ4n) is 3.89. The topological polar surface area (TPSA) is 49.3 Å². The maximum atomic E-state index is 13.5. The summed E-state index contributed by atoms with van der Waals surface area (Å²) in [7, 11) is 1.67. The Morgan fingerprint density at radius 2 is 1.94 bits per heavy atom. The third-order valence-electron chi connectivity index (χ3n) is 5.38. The Balaban J connectivity index is 1.78. The largest absolute Gasteiger partial charge is 0.416 e. The van der Waals surface area contributed by atoms with Gasteiger partial charge in [-0.3, -0.25) is 9.78 Å². The van der Waals surface area contributed by atoms with Gasteiger partial charge in [0.25, 0.3) is 0 Å². The molecular formula is C23H21F3N4O. The molecule has 0 bridgehead atoms. The second-order valence-corrected chi connectivity index (χ2v) is 7.68. The smallest absolute Gasteiger partial charge is 0.314 e. The summed E-state index contributed by atoms with van der Waals surface area (Å²) in [6.45, 7) is 3.44. The summed E-state index contributed by atoms with van der Waals surface area (Å²) < 4.78 is 40.3. The summed E-state index contributed by atoms with van der Waals surface area (Å²) in [5, 5.41) is 0. The SMILES string of the molecule is Cc1cccc(N(C)C(=O)[C@@H]2Cc3cnccc3N2c2cc(C(F)(F)F)cc(C)n2)c1. The Hall–Kier alpha value is -3.42. The van der Waals surface area contributed by atoms with Gasteiger partial charge in [0.05, 0.1) is 5.56 Å². The van der Waals surface area contributed by atoms with Gasteiger partial charge in [0, 0.05) is 42.9 Å². The van der Waals surface area contributed by atoms with Gasteiger partial charge in [0.2, 0.25) is 5.91 Å². The van der Waals surface area contributed by atoms with Gasteiger partial charge in [0.1, 0.15) is 11.9 Å². The van der Waals surface area contributed by atoms with Crippen molar-refractivity contribution in [3.63, 3.8) is 0 Å². The van der Waals surface area contributed by atoms with Crippen molar-refractivity contribution in [2.45, 2.75) is 32.5 Å². The molecule has 5 nitrogen and oxygen atoms in total. The number of nitrogens with zero attached hydrogens (tertiary/aromatic N) is 4. The molecule has 1 atom stereocenters. The lowest BCUT2D eigenvalue weighted by atomic mass is 10.1. The lowest BCUT2D eigenvalue weighted by Gasteiger charge is -2.30. The highest BCUT2D eigenvalue weighted by molar-refractivity contribution is 6.01. The van der Waals surface area contributed by atoms with Crippen LogP contribution in [0.2, 0.25) is 0 Å². The number of carbonyl (C=O) groups excluding carboxylic acids is 1. The minimum atomic E-state index is -4.51. The zero-order chi connectivity index (χ0) is 22.3. The highest BCUT2D eigenvalue weighted by Gasteiger charge is 2.39. The molecule has 1 aromatic carbocycles. The molecule has 2 aromatic heterocycles.